The van der Waals surface area contributed by atoms with Crippen LogP contribution in [0.5, 0.6) is 0 Å². The Morgan fingerprint density at radius 3 is 3.12 bits per heavy atom. The first-order valence-electron chi connectivity index (χ1n) is 4.53. The number of hydrogen-bond acceptors (Lipinski definition) is 6. The normalized spacial score (nSPS) is 12.9. The molecule has 86 valence electrons. The first kappa shape index (κ1) is 12.0. The molecule has 0 fully saturated rings. The van der Waals surface area contributed by atoms with Crippen molar-refractivity contribution in [3.05, 3.63) is 20.2 Å². The summed E-state index contributed by atoms with van der Waals surface area (Å²) in [6.07, 6.45) is 0. The van der Waals surface area contributed by atoms with E-state index >= 15 is 0 Å². The summed E-state index contributed by atoms with van der Waals surface area (Å²) in [6, 6.07) is 1.64. The molecule has 0 amide bonds. The van der Waals surface area contributed by atoms with Gasteiger partial charge in [0.05, 0.1) is 21.1 Å². The van der Waals surface area contributed by atoms with E-state index in [0.29, 0.717) is 18.3 Å². The first-order chi connectivity index (χ1) is 7.70. The van der Waals surface area contributed by atoms with Crippen LogP contribution >= 0.6 is 33.9 Å². The van der Waals surface area contributed by atoms with Crippen LogP contribution in [0.2, 0.25) is 0 Å². The lowest BCUT2D eigenvalue weighted by Gasteiger charge is -2.02. The van der Waals surface area contributed by atoms with Gasteiger partial charge in [0.25, 0.3) is 5.89 Å². The maximum absolute atomic E-state index is 5.79. The average molecular weight is 351 g/mol. The highest BCUT2D eigenvalue weighted by atomic mass is 127. The minimum absolute atomic E-state index is 0.347. The molecule has 0 bridgehead atoms. The minimum Gasteiger partial charge on any atom is -0.383 e. The van der Waals surface area contributed by atoms with Gasteiger partial charge < -0.3 is 15.0 Å². The van der Waals surface area contributed by atoms with Gasteiger partial charge in [0, 0.05) is 12.5 Å². The van der Waals surface area contributed by atoms with Gasteiger partial charge in [0.15, 0.2) is 5.82 Å². The van der Waals surface area contributed by atoms with Crippen molar-refractivity contribution in [1.82, 2.24) is 10.1 Å². The Bertz CT molecular complexity index is 471. The van der Waals surface area contributed by atoms with E-state index in [9.17, 15) is 0 Å². The molecule has 5 nitrogen and oxygen atoms in total. The number of hydrogen-bond donors (Lipinski definition) is 1. The summed E-state index contributed by atoms with van der Waals surface area (Å²) in [4.78, 5) is 4.23. The summed E-state index contributed by atoms with van der Waals surface area (Å²) in [5.74, 6) is 0.971. The van der Waals surface area contributed by atoms with Crippen LogP contribution in [0.25, 0.3) is 11.5 Å². The molecule has 0 saturated carbocycles. The average Bonchev–Trinajstić information content (AvgIpc) is 2.85. The zero-order valence-electron chi connectivity index (χ0n) is 8.51. The highest BCUT2D eigenvalue weighted by molar-refractivity contribution is 14.1. The third kappa shape index (κ3) is 2.59. The fourth-order valence-corrected chi connectivity index (χ4v) is 2.50. The molecular weight excluding hydrogens is 341 g/mol. The number of rotatable bonds is 4. The quantitative estimate of drug-likeness (QED) is 0.854. The lowest BCUT2D eigenvalue weighted by molar-refractivity contribution is 0.177. The second kappa shape index (κ2) is 5.21. The van der Waals surface area contributed by atoms with Crippen molar-refractivity contribution in [3.63, 3.8) is 0 Å². The van der Waals surface area contributed by atoms with Crippen molar-refractivity contribution < 1.29 is 9.26 Å². The lowest BCUT2D eigenvalue weighted by Crippen LogP contribution is -2.17. The zero-order chi connectivity index (χ0) is 11.5. The van der Waals surface area contributed by atoms with Gasteiger partial charge in [0.1, 0.15) is 0 Å². The molecule has 2 rings (SSSR count). The van der Waals surface area contributed by atoms with Crippen LogP contribution in [-0.2, 0) is 4.74 Å². The molecule has 0 aliphatic rings. The van der Waals surface area contributed by atoms with E-state index in [1.54, 1.807) is 18.4 Å². The topological polar surface area (TPSA) is 74.2 Å². The standard InChI is InChI=1S/C9H10IN3O2S/c1-14-3-6(11)8-12-9(15-13-8)5-2-7(10)16-4-5/h2,4,6H,3,11H2,1H3. The number of halogens is 1. The SMILES string of the molecule is COCC(N)c1noc(-c2csc(I)c2)n1. The van der Waals surface area contributed by atoms with Gasteiger partial charge in [-0.1, -0.05) is 5.16 Å². The largest absolute Gasteiger partial charge is 0.383 e. The van der Waals surface area contributed by atoms with Gasteiger partial charge in [-0.05, 0) is 28.7 Å². The van der Waals surface area contributed by atoms with Crippen LogP contribution < -0.4 is 5.73 Å². The van der Waals surface area contributed by atoms with Crippen molar-refractivity contribution in [2.75, 3.05) is 13.7 Å². The number of methoxy groups -OCH3 is 1. The molecule has 1 atom stereocenters. The van der Waals surface area contributed by atoms with E-state index in [1.165, 1.54) is 2.88 Å². The molecule has 0 aliphatic heterocycles. The minimum atomic E-state index is -0.347. The molecule has 2 aromatic heterocycles. The second-order valence-electron chi connectivity index (χ2n) is 3.16. The van der Waals surface area contributed by atoms with Crippen LogP contribution in [0, 0.1) is 2.88 Å². The molecule has 0 radical (unpaired) electrons. The number of nitrogens with zero attached hydrogens (tertiary/aromatic N) is 2. The highest BCUT2D eigenvalue weighted by Crippen LogP contribution is 2.25. The molecule has 0 saturated heterocycles. The molecule has 2 aromatic rings. The number of ether oxygens (including phenoxy) is 1. The van der Waals surface area contributed by atoms with E-state index in [0.717, 1.165) is 5.56 Å². The summed E-state index contributed by atoms with van der Waals surface area (Å²) >= 11 is 3.88. The van der Waals surface area contributed by atoms with Crippen LogP contribution in [0.3, 0.4) is 0 Å². The van der Waals surface area contributed by atoms with Gasteiger partial charge in [-0.25, -0.2) is 0 Å². The fourth-order valence-electron chi connectivity index (χ4n) is 1.18. The van der Waals surface area contributed by atoms with E-state index in [2.05, 4.69) is 32.7 Å². The Labute approximate surface area is 110 Å². The van der Waals surface area contributed by atoms with Crippen molar-refractivity contribution in [3.8, 4) is 11.5 Å². The van der Waals surface area contributed by atoms with Crippen LogP contribution in [0.1, 0.15) is 11.9 Å². The Balaban J connectivity index is 2.19. The van der Waals surface area contributed by atoms with E-state index in [1.807, 2.05) is 11.4 Å². The zero-order valence-corrected chi connectivity index (χ0v) is 11.5. The second-order valence-corrected chi connectivity index (χ2v) is 5.96. The van der Waals surface area contributed by atoms with Crippen LogP contribution in [0.15, 0.2) is 16.0 Å². The summed E-state index contributed by atoms with van der Waals surface area (Å²) in [6.45, 7) is 0.375. The molecule has 0 spiro atoms. The van der Waals surface area contributed by atoms with Gasteiger partial charge in [-0.2, -0.15) is 4.98 Å². The third-order valence-electron chi connectivity index (χ3n) is 1.93. The summed E-state index contributed by atoms with van der Waals surface area (Å²) < 4.78 is 11.2. The van der Waals surface area contributed by atoms with Crippen molar-refractivity contribution in [2.24, 2.45) is 5.73 Å². The molecule has 0 aromatic carbocycles. The number of thiophene rings is 1. The van der Waals surface area contributed by atoms with E-state index in [4.69, 9.17) is 15.0 Å². The molecule has 2 N–H and O–H groups in total. The van der Waals surface area contributed by atoms with E-state index < -0.39 is 0 Å². The molecule has 2 heterocycles. The first-order valence-corrected chi connectivity index (χ1v) is 6.49. The predicted octanol–water partition coefficient (Wildman–Crippen LogP) is 2.05. The van der Waals surface area contributed by atoms with Crippen molar-refractivity contribution in [1.29, 1.82) is 0 Å². The smallest absolute Gasteiger partial charge is 0.258 e. The van der Waals surface area contributed by atoms with Gasteiger partial charge in [-0.15, -0.1) is 11.3 Å². The van der Waals surface area contributed by atoms with E-state index in [-0.39, 0.29) is 6.04 Å². The Morgan fingerprint density at radius 2 is 2.50 bits per heavy atom. The third-order valence-corrected chi connectivity index (χ3v) is 3.72. The van der Waals surface area contributed by atoms with Crippen LogP contribution in [0.4, 0.5) is 0 Å². The number of nitrogens with two attached hydrogens (primary N) is 1. The van der Waals surface area contributed by atoms with Crippen LogP contribution in [-0.4, -0.2) is 23.9 Å². The summed E-state index contributed by atoms with van der Waals surface area (Å²) in [5, 5.41) is 5.80. The molecular formula is C9H10IN3O2S. The monoisotopic (exact) mass is 351 g/mol. The highest BCUT2D eigenvalue weighted by Gasteiger charge is 2.15. The van der Waals surface area contributed by atoms with Crippen molar-refractivity contribution in [2.45, 2.75) is 6.04 Å². The summed E-state index contributed by atoms with van der Waals surface area (Å²) in [7, 11) is 1.59. The summed E-state index contributed by atoms with van der Waals surface area (Å²) in [5.41, 5.74) is 6.72. The molecule has 1 unspecified atom stereocenters. The molecule has 7 heteroatoms. The van der Waals surface area contributed by atoms with Gasteiger partial charge in [0.2, 0.25) is 0 Å². The van der Waals surface area contributed by atoms with Gasteiger partial charge in [-0.3, -0.25) is 0 Å². The fraction of sp³-hybridized carbons (Fsp3) is 0.333. The Hall–Kier alpha value is -0.510. The molecule has 16 heavy (non-hydrogen) atoms. The number of aromatic nitrogens is 2. The Kier molecular flexibility index (Phi) is 3.90. The lowest BCUT2D eigenvalue weighted by atomic mass is 10.3. The Morgan fingerprint density at radius 1 is 1.69 bits per heavy atom. The maximum atomic E-state index is 5.79. The predicted molar refractivity (Wildman–Crippen MR) is 69.1 cm³/mol. The van der Waals surface area contributed by atoms with Gasteiger partial charge >= 0.3 is 0 Å². The maximum Gasteiger partial charge on any atom is 0.258 e. The van der Waals surface area contributed by atoms with Crippen molar-refractivity contribution >= 4 is 33.9 Å². The molecule has 0 aliphatic carbocycles.